The van der Waals surface area contributed by atoms with Crippen LogP contribution in [0.5, 0.6) is 0 Å². The molecular weight excluding hydrogens is 268 g/mol. The first kappa shape index (κ1) is 9.92. The summed E-state index contributed by atoms with van der Waals surface area (Å²) in [5.74, 6) is -0.115. The summed E-state index contributed by atoms with van der Waals surface area (Å²) in [6, 6.07) is 5.29. The summed E-state index contributed by atoms with van der Waals surface area (Å²) in [7, 11) is 0. The molecule has 2 N–H and O–H groups in total. The van der Waals surface area contributed by atoms with Gasteiger partial charge in [0.2, 0.25) is 0 Å². The van der Waals surface area contributed by atoms with Gasteiger partial charge in [-0.25, -0.2) is 4.39 Å². The van der Waals surface area contributed by atoms with Crippen molar-refractivity contribution in [2.45, 2.75) is 12.8 Å². The second kappa shape index (κ2) is 4.77. The van der Waals surface area contributed by atoms with E-state index in [2.05, 4.69) is 22.6 Å². The van der Waals surface area contributed by atoms with E-state index in [0.717, 1.165) is 22.0 Å². The van der Waals surface area contributed by atoms with Crippen LogP contribution in [0.25, 0.3) is 0 Å². The summed E-state index contributed by atoms with van der Waals surface area (Å²) in [5.41, 5.74) is 6.10. The Morgan fingerprint density at radius 2 is 2.17 bits per heavy atom. The molecule has 12 heavy (non-hydrogen) atoms. The second-order valence-corrected chi connectivity index (χ2v) is 3.87. The normalized spacial score (nSPS) is 10.2. The highest BCUT2D eigenvalue weighted by Gasteiger charge is 2.00. The van der Waals surface area contributed by atoms with Crippen LogP contribution >= 0.6 is 22.6 Å². The van der Waals surface area contributed by atoms with Gasteiger partial charge in [0.05, 0.1) is 0 Å². The van der Waals surface area contributed by atoms with Crippen LogP contribution in [0.1, 0.15) is 12.0 Å². The van der Waals surface area contributed by atoms with Crippen molar-refractivity contribution in [2.75, 3.05) is 6.54 Å². The summed E-state index contributed by atoms with van der Waals surface area (Å²) < 4.78 is 14.1. The van der Waals surface area contributed by atoms with Crippen molar-refractivity contribution in [3.05, 3.63) is 33.1 Å². The summed E-state index contributed by atoms with van der Waals surface area (Å²) >= 11 is 2.10. The van der Waals surface area contributed by atoms with Crippen molar-refractivity contribution >= 4 is 22.6 Å². The van der Waals surface area contributed by atoms with Crippen LogP contribution in [-0.2, 0) is 6.42 Å². The van der Waals surface area contributed by atoms with Crippen LogP contribution in [0.15, 0.2) is 18.2 Å². The molecule has 0 saturated heterocycles. The molecule has 3 heteroatoms. The highest BCUT2D eigenvalue weighted by molar-refractivity contribution is 14.1. The molecule has 0 aromatic heterocycles. The summed E-state index contributed by atoms with van der Waals surface area (Å²) in [5, 5.41) is 0. The highest BCUT2D eigenvalue weighted by atomic mass is 127. The Morgan fingerprint density at radius 3 is 2.75 bits per heavy atom. The van der Waals surface area contributed by atoms with Crippen LogP contribution in [0.4, 0.5) is 4.39 Å². The van der Waals surface area contributed by atoms with E-state index in [0.29, 0.717) is 6.54 Å². The van der Waals surface area contributed by atoms with Gasteiger partial charge in [0, 0.05) is 3.57 Å². The van der Waals surface area contributed by atoms with Gasteiger partial charge in [0.15, 0.2) is 0 Å². The Kier molecular flexibility index (Phi) is 3.94. The van der Waals surface area contributed by atoms with E-state index in [9.17, 15) is 4.39 Å². The third-order valence-corrected chi connectivity index (χ3v) is 2.34. The van der Waals surface area contributed by atoms with E-state index in [-0.39, 0.29) is 5.82 Å². The van der Waals surface area contributed by atoms with E-state index >= 15 is 0 Å². The first-order chi connectivity index (χ1) is 5.74. The molecule has 1 nitrogen and oxygen atoms in total. The highest BCUT2D eigenvalue weighted by Crippen LogP contribution is 2.13. The number of halogens is 2. The van der Waals surface area contributed by atoms with Gasteiger partial charge in [0.25, 0.3) is 0 Å². The predicted molar refractivity (Wildman–Crippen MR) is 56.5 cm³/mol. The van der Waals surface area contributed by atoms with Gasteiger partial charge in [-0.05, 0) is 59.7 Å². The molecule has 66 valence electrons. The maximum absolute atomic E-state index is 13.1. The molecule has 0 aliphatic carbocycles. The fourth-order valence-electron chi connectivity index (χ4n) is 1.02. The minimum absolute atomic E-state index is 0.115. The Morgan fingerprint density at radius 1 is 1.42 bits per heavy atom. The molecule has 0 heterocycles. The van der Waals surface area contributed by atoms with E-state index in [1.807, 2.05) is 12.1 Å². The maximum atomic E-state index is 13.1. The minimum Gasteiger partial charge on any atom is -0.330 e. The lowest BCUT2D eigenvalue weighted by atomic mass is 10.1. The quantitative estimate of drug-likeness (QED) is 0.844. The fraction of sp³-hybridized carbons (Fsp3) is 0.333. The van der Waals surface area contributed by atoms with Crippen LogP contribution in [0.3, 0.4) is 0 Å². The van der Waals surface area contributed by atoms with Crippen molar-refractivity contribution < 1.29 is 4.39 Å². The fourth-order valence-corrected chi connectivity index (χ4v) is 1.47. The molecule has 0 unspecified atom stereocenters. The average molecular weight is 279 g/mol. The van der Waals surface area contributed by atoms with Crippen LogP contribution in [0, 0.1) is 9.39 Å². The number of nitrogens with two attached hydrogens (primary N) is 1. The van der Waals surface area contributed by atoms with E-state index in [1.54, 1.807) is 6.07 Å². The Hall–Kier alpha value is -0.160. The topological polar surface area (TPSA) is 26.0 Å². The lowest BCUT2D eigenvalue weighted by Crippen LogP contribution is -2.01. The van der Waals surface area contributed by atoms with Gasteiger partial charge in [-0.3, -0.25) is 0 Å². The molecule has 0 spiro atoms. The Labute approximate surface area is 85.3 Å². The largest absolute Gasteiger partial charge is 0.330 e. The third kappa shape index (κ3) is 2.71. The van der Waals surface area contributed by atoms with Crippen LogP contribution in [0.2, 0.25) is 0 Å². The first-order valence-corrected chi connectivity index (χ1v) is 4.96. The molecule has 0 radical (unpaired) electrons. The smallest absolute Gasteiger partial charge is 0.127 e. The monoisotopic (exact) mass is 279 g/mol. The zero-order valence-electron chi connectivity index (χ0n) is 6.69. The first-order valence-electron chi connectivity index (χ1n) is 3.88. The molecule has 1 rings (SSSR count). The molecule has 0 saturated carbocycles. The zero-order valence-corrected chi connectivity index (χ0v) is 8.84. The van der Waals surface area contributed by atoms with E-state index < -0.39 is 0 Å². The average Bonchev–Trinajstić information content (AvgIpc) is 2.03. The molecule has 0 atom stereocenters. The zero-order chi connectivity index (χ0) is 8.97. The van der Waals surface area contributed by atoms with Crippen molar-refractivity contribution in [2.24, 2.45) is 5.73 Å². The molecule has 1 aromatic carbocycles. The van der Waals surface area contributed by atoms with Gasteiger partial charge >= 0.3 is 0 Å². The lowest BCUT2D eigenvalue weighted by molar-refractivity contribution is 0.604. The molecule has 0 bridgehead atoms. The standard InChI is InChI=1S/C9H11FIN/c10-9-6-8(11)4-3-7(9)2-1-5-12/h3-4,6H,1-2,5,12H2. The predicted octanol–water partition coefficient (Wildman–Crippen LogP) is 2.32. The lowest BCUT2D eigenvalue weighted by Gasteiger charge is -2.01. The minimum atomic E-state index is -0.115. The Balaban J connectivity index is 2.72. The molecule has 0 amide bonds. The van der Waals surface area contributed by atoms with Gasteiger partial charge in [0.1, 0.15) is 5.82 Å². The van der Waals surface area contributed by atoms with Gasteiger partial charge in [-0.2, -0.15) is 0 Å². The Bertz CT molecular complexity index is 263. The number of rotatable bonds is 3. The molecular formula is C9H11FIN. The summed E-state index contributed by atoms with van der Waals surface area (Å²) in [4.78, 5) is 0. The summed E-state index contributed by atoms with van der Waals surface area (Å²) in [6.45, 7) is 0.616. The van der Waals surface area contributed by atoms with Crippen LogP contribution < -0.4 is 5.73 Å². The second-order valence-electron chi connectivity index (χ2n) is 2.63. The van der Waals surface area contributed by atoms with Crippen molar-refractivity contribution in [3.63, 3.8) is 0 Å². The molecule has 1 aromatic rings. The van der Waals surface area contributed by atoms with Gasteiger partial charge in [-0.1, -0.05) is 6.07 Å². The molecule has 0 aliphatic heterocycles. The van der Waals surface area contributed by atoms with Crippen molar-refractivity contribution in [1.82, 2.24) is 0 Å². The van der Waals surface area contributed by atoms with Crippen molar-refractivity contribution in [1.29, 1.82) is 0 Å². The van der Waals surface area contributed by atoms with E-state index in [4.69, 9.17) is 5.73 Å². The maximum Gasteiger partial charge on any atom is 0.127 e. The van der Waals surface area contributed by atoms with E-state index in [1.165, 1.54) is 0 Å². The number of hydrogen-bond acceptors (Lipinski definition) is 1. The number of aryl methyl sites for hydroxylation is 1. The molecule has 0 aliphatic rings. The number of benzene rings is 1. The molecule has 0 fully saturated rings. The van der Waals surface area contributed by atoms with Crippen LogP contribution in [-0.4, -0.2) is 6.54 Å². The number of hydrogen-bond donors (Lipinski definition) is 1. The van der Waals surface area contributed by atoms with Gasteiger partial charge < -0.3 is 5.73 Å². The van der Waals surface area contributed by atoms with Crippen molar-refractivity contribution in [3.8, 4) is 0 Å². The SMILES string of the molecule is NCCCc1ccc(I)cc1F. The summed E-state index contributed by atoms with van der Waals surface area (Å²) in [6.07, 6.45) is 1.58. The van der Waals surface area contributed by atoms with Gasteiger partial charge in [-0.15, -0.1) is 0 Å². The third-order valence-electron chi connectivity index (χ3n) is 1.67.